The number of rotatable bonds is 6. The first-order valence-corrected chi connectivity index (χ1v) is 6.42. The molecule has 0 amide bonds. The lowest BCUT2D eigenvalue weighted by atomic mass is 10.2. The molecule has 0 atom stereocenters. The summed E-state index contributed by atoms with van der Waals surface area (Å²) in [6.07, 6.45) is 0. The molecule has 0 saturated heterocycles. The van der Waals surface area contributed by atoms with Crippen LogP contribution in [0.3, 0.4) is 0 Å². The summed E-state index contributed by atoms with van der Waals surface area (Å²) in [4.78, 5) is 11.0. The molecular formula is C16H15FO4. The van der Waals surface area contributed by atoms with E-state index in [4.69, 9.17) is 14.6 Å². The summed E-state index contributed by atoms with van der Waals surface area (Å²) < 4.78 is 23.8. The normalized spacial score (nSPS) is 10.2. The standard InChI is InChI=1S/C16H15FO4/c1-11-10-12(17)6-7-14(11)20-8-9-21-15-5-3-2-4-13(15)16(18)19/h2-7,10H,8-9H2,1H3,(H,18,19). The lowest BCUT2D eigenvalue weighted by Crippen LogP contribution is -2.11. The molecule has 1 N–H and O–H groups in total. The third kappa shape index (κ3) is 3.95. The van der Waals surface area contributed by atoms with Gasteiger partial charge in [0.15, 0.2) is 0 Å². The molecule has 2 aromatic rings. The molecule has 0 spiro atoms. The SMILES string of the molecule is Cc1cc(F)ccc1OCCOc1ccccc1C(=O)O. The van der Waals surface area contributed by atoms with Crippen LogP contribution in [0.4, 0.5) is 4.39 Å². The van der Waals surface area contributed by atoms with Crippen molar-refractivity contribution in [2.45, 2.75) is 6.92 Å². The molecule has 0 radical (unpaired) electrons. The second kappa shape index (κ2) is 6.74. The Labute approximate surface area is 121 Å². The van der Waals surface area contributed by atoms with E-state index in [0.29, 0.717) is 17.1 Å². The first-order chi connectivity index (χ1) is 10.1. The maximum atomic E-state index is 12.9. The van der Waals surface area contributed by atoms with Crippen LogP contribution in [0.5, 0.6) is 11.5 Å². The molecule has 5 heteroatoms. The van der Waals surface area contributed by atoms with Crippen LogP contribution in [-0.2, 0) is 0 Å². The van der Waals surface area contributed by atoms with Crippen molar-refractivity contribution < 1.29 is 23.8 Å². The zero-order valence-corrected chi connectivity index (χ0v) is 11.5. The molecule has 2 rings (SSSR count). The fourth-order valence-corrected chi connectivity index (χ4v) is 1.85. The highest BCUT2D eigenvalue weighted by molar-refractivity contribution is 5.90. The number of hydrogen-bond donors (Lipinski definition) is 1. The summed E-state index contributed by atoms with van der Waals surface area (Å²) in [7, 11) is 0. The van der Waals surface area contributed by atoms with Crippen LogP contribution in [0.2, 0.25) is 0 Å². The van der Waals surface area contributed by atoms with E-state index in [1.165, 1.54) is 18.2 Å². The molecule has 4 nitrogen and oxygen atoms in total. The van der Waals surface area contributed by atoms with Gasteiger partial charge in [0, 0.05) is 0 Å². The van der Waals surface area contributed by atoms with Gasteiger partial charge in [0.1, 0.15) is 36.1 Å². The van der Waals surface area contributed by atoms with E-state index in [-0.39, 0.29) is 24.6 Å². The molecule has 0 bridgehead atoms. The number of carbonyl (C=O) groups is 1. The van der Waals surface area contributed by atoms with Gasteiger partial charge in [-0.3, -0.25) is 0 Å². The molecule has 21 heavy (non-hydrogen) atoms. The van der Waals surface area contributed by atoms with Crippen LogP contribution >= 0.6 is 0 Å². The number of ether oxygens (including phenoxy) is 2. The van der Waals surface area contributed by atoms with Crippen molar-refractivity contribution in [1.29, 1.82) is 0 Å². The van der Waals surface area contributed by atoms with Crippen LogP contribution in [-0.4, -0.2) is 24.3 Å². The van der Waals surface area contributed by atoms with Crippen LogP contribution in [0.1, 0.15) is 15.9 Å². The van der Waals surface area contributed by atoms with Gasteiger partial charge >= 0.3 is 5.97 Å². The van der Waals surface area contributed by atoms with Gasteiger partial charge in [0.25, 0.3) is 0 Å². The van der Waals surface area contributed by atoms with E-state index >= 15 is 0 Å². The summed E-state index contributed by atoms with van der Waals surface area (Å²) in [5.41, 5.74) is 0.802. The van der Waals surface area contributed by atoms with Crippen LogP contribution in [0.25, 0.3) is 0 Å². The largest absolute Gasteiger partial charge is 0.490 e. The zero-order valence-electron chi connectivity index (χ0n) is 11.5. The van der Waals surface area contributed by atoms with Gasteiger partial charge in [-0.2, -0.15) is 0 Å². The maximum Gasteiger partial charge on any atom is 0.339 e. The minimum atomic E-state index is -1.04. The quantitative estimate of drug-likeness (QED) is 0.829. The molecule has 0 heterocycles. The monoisotopic (exact) mass is 290 g/mol. The molecule has 0 aromatic heterocycles. The third-order valence-corrected chi connectivity index (χ3v) is 2.85. The van der Waals surface area contributed by atoms with E-state index in [2.05, 4.69) is 0 Å². The predicted octanol–water partition coefficient (Wildman–Crippen LogP) is 3.29. The van der Waals surface area contributed by atoms with Crippen LogP contribution < -0.4 is 9.47 Å². The molecule has 0 unspecified atom stereocenters. The van der Waals surface area contributed by atoms with Crippen molar-refractivity contribution in [3.05, 3.63) is 59.4 Å². The van der Waals surface area contributed by atoms with E-state index < -0.39 is 5.97 Å². The van der Waals surface area contributed by atoms with Crippen LogP contribution in [0.15, 0.2) is 42.5 Å². The Kier molecular flexibility index (Phi) is 4.77. The Morgan fingerprint density at radius 1 is 1.10 bits per heavy atom. The number of hydrogen-bond acceptors (Lipinski definition) is 3. The molecule has 110 valence electrons. The van der Waals surface area contributed by atoms with Gasteiger partial charge in [-0.25, -0.2) is 9.18 Å². The minimum Gasteiger partial charge on any atom is -0.490 e. The fourth-order valence-electron chi connectivity index (χ4n) is 1.85. The summed E-state index contributed by atoms with van der Waals surface area (Å²) in [5, 5.41) is 9.02. The Morgan fingerprint density at radius 2 is 1.76 bits per heavy atom. The number of halogens is 1. The average molecular weight is 290 g/mol. The summed E-state index contributed by atoms with van der Waals surface area (Å²) >= 11 is 0. The molecule has 0 aliphatic heterocycles. The number of benzene rings is 2. The Bertz CT molecular complexity index is 640. The molecular weight excluding hydrogens is 275 g/mol. The van der Waals surface area contributed by atoms with Crippen molar-refractivity contribution in [1.82, 2.24) is 0 Å². The highest BCUT2D eigenvalue weighted by atomic mass is 19.1. The van der Waals surface area contributed by atoms with E-state index in [0.717, 1.165) is 0 Å². The van der Waals surface area contributed by atoms with Crippen molar-refractivity contribution in [3.8, 4) is 11.5 Å². The second-order valence-corrected chi connectivity index (χ2v) is 4.41. The Hall–Kier alpha value is -2.56. The molecule has 0 aliphatic carbocycles. The predicted molar refractivity (Wildman–Crippen MR) is 75.5 cm³/mol. The van der Waals surface area contributed by atoms with Gasteiger partial charge < -0.3 is 14.6 Å². The highest BCUT2D eigenvalue weighted by Gasteiger charge is 2.09. The molecule has 0 aliphatic rings. The number of para-hydroxylation sites is 1. The topological polar surface area (TPSA) is 55.8 Å². The Balaban J connectivity index is 1.89. The molecule has 0 saturated carbocycles. The number of aromatic carboxylic acids is 1. The maximum absolute atomic E-state index is 12.9. The first kappa shape index (κ1) is 14.8. The summed E-state index contributed by atoms with van der Waals surface area (Å²) in [5.74, 6) is -0.483. The number of carboxylic acid groups (broad SMARTS) is 1. The second-order valence-electron chi connectivity index (χ2n) is 4.41. The van der Waals surface area contributed by atoms with Crippen molar-refractivity contribution >= 4 is 5.97 Å². The lowest BCUT2D eigenvalue weighted by Gasteiger charge is -2.11. The van der Waals surface area contributed by atoms with E-state index in [9.17, 15) is 9.18 Å². The zero-order chi connectivity index (χ0) is 15.2. The van der Waals surface area contributed by atoms with Crippen molar-refractivity contribution in [3.63, 3.8) is 0 Å². The lowest BCUT2D eigenvalue weighted by molar-refractivity contribution is 0.0691. The van der Waals surface area contributed by atoms with E-state index in [1.807, 2.05) is 0 Å². The first-order valence-electron chi connectivity index (χ1n) is 6.42. The van der Waals surface area contributed by atoms with Gasteiger partial charge in [-0.05, 0) is 42.8 Å². The van der Waals surface area contributed by atoms with Gasteiger partial charge in [0.2, 0.25) is 0 Å². The van der Waals surface area contributed by atoms with Gasteiger partial charge in [0.05, 0.1) is 0 Å². The van der Waals surface area contributed by atoms with E-state index in [1.54, 1.807) is 31.2 Å². The van der Waals surface area contributed by atoms with Gasteiger partial charge in [-0.1, -0.05) is 12.1 Å². The highest BCUT2D eigenvalue weighted by Crippen LogP contribution is 2.19. The molecule has 2 aromatic carbocycles. The third-order valence-electron chi connectivity index (χ3n) is 2.85. The summed E-state index contributed by atoms with van der Waals surface area (Å²) in [6.45, 7) is 2.18. The average Bonchev–Trinajstić information content (AvgIpc) is 2.45. The van der Waals surface area contributed by atoms with Crippen molar-refractivity contribution in [2.24, 2.45) is 0 Å². The minimum absolute atomic E-state index is 0.107. The smallest absolute Gasteiger partial charge is 0.339 e. The Morgan fingerprint density at radius 3 is 2.43 bits per heavy atom. The summed E-state index contributed by atoms with van der Waals surface area (Å²) in [6, 6.07) is 10.7. The molecule has 0 fully saturated rings. The number of carboxylic acids is 1. The fraction of sp³-hybridized carbons (Fsp3) is 0.188. The number of aryl methyl sites for hydroxylation is 1. The van der Waals surface area contributed by atoms with Crippen molar-refractivity contribution in [2.75, 3.05) is 13.2 Å². The van der Waals surface area contributed by atoms with Gasteiger partial charge in [-0.15, -0.1) is 0 Å². The van der Waals surface area contributed by atoms with Crippen LogP contribution in [0, 0.1) is 12.7 Å².